The fourth-order valence-corrected chi connectivity index (χ4v) is 2.94. The third-order valence-electron chi connectivity index (χ3n) is 3.29. The van der Waals surface area contributed by atoms with Gasteiger partial charge in [0.2, 0.25) is 0 Å². The molecule has 0 saturated heterocycles. The van der Waals surface area contributed by atoms with Crippen molar-refractivity contribution in [2.45, 2.75) is 51.5 Å². The zero-order chi connectivity index (χ0) is 16.3. The lowest BCUT2D eigenvalue weighted by molar-refractivity contribution is 0.112. The van der Waals surface area contributed by atoms with E-state index in [0.29, 0.717) is 6.54 Å². The van der Waals surface area contributed by atoms with Gasteiger partial charge in [-0.2, -0.15) is 0 Å². The number of fused-ring (bicyclic) bond motifs is 1. The summed E-state index contributed by atoms with van der Waals surface area (Å²) >= 11 is 1.61. The first-order chi connectivity index (χ1) is 10.4. The normalized spacial score (nSPS) is 12.6. The smallest absolute Gasteiger partial charge is 0.407 e. The van der Waals surface area contributed by atoms with E-state index in [1.807, 2.05) is 33.1 Å². The number of nitrogens with one attached hydrogen (secondary N) is 1. The molecule has 1 N–H and O–H groups in total. The van der Waals surface area contributed by atoms with Crippen molar-refractivity contribution in [1.82, 2.24) is 14.9 Å². The molecule has 0 aliphatic carbocycles. The summed E-state index contributed by atoms with van der Waals surface area (Å²) in [5.41, 5.74) is 3.27. The second kappa shape index (κ2) is 7.05. The van der Waals surface area contributed by atoms with Gasteiger partial charge in [-0.15, -0.1) is 0 Å². The number of alkyl carbamates (subject to hydrolysis) is 1. The summed E-state index contributed by atoms with van der Waals surface area (Å²) in [7, 11) is 0. The highest BCUT2D eigenvalue weighted by molar-refractivity contribution is 7.98. The number of nitrogens with zero attached hydrogens (tertiary/aromatic N) is 2. The molecule has 1 aromatic carbocycles. The van der Waals surface area contributed by atoms with Crippen LogP contribution in [-0.2, 0) is 11.3 Å². The average Bonchev–Trinajstić information content (AvgIpc) is 2.77. The van der Waals surface area contributed by atoms with Crippen molar-refractivity contribution >= 4 is 28.9 Å². The largest absolute Gasteiger partial charge is 0.447 e. The quantitative estimate of drug-likeness (QED) is 0.855. The Bertz CT molecular complexity index is 667. The molecule has 2 rings (SSSR count). The van der Waals surface area contributed by atoms with Crippen LogP contribution in [0.2, 0.25) is 0 Å². The Balaban J connectivity index is 2.20. The Morgan fingerprint density at radius 2 is 2.14 bits per heavy atom. The van der Waals surface area contributed by atoms with Gasteiger partial charge in [0.15, 0.2) is 5.16 Å². The van der Waals surface area contributed by atoms with Crippen LogP contribution in [-0.4, -0.2) is 34.0 Å². The monoisotopic (exact) mass is 321 g/mol. The topological polar surface area (TPSA) is 56.2 Å². The van der Waals surface area contributed by atoms with E-state index in [9.17, 15) is 4.79 Å². The van der Waals surface area contributed by atoms with Gasteiger partial charge in [-0.1, -0.05) is 23.9 Å². The summed E-state index contributed by atoms with van der Waals surface area (Å²) in [6.45, 7) is 8.35. The number of para-hydroxylation sites is 1. The third kappa shape index (κ3) is 3.74. The van der Waals surface area contributed by atoms with Crippen LogP contribution < -0.4 is 5.32 Å². The van der Waals surface area contributed by atoms with Crippen LogP contribution in [0.4, 0.5) is 4.79 Å². The molecule has 0 radical (unpaired) electrons. The molecule has 0 spiro atoms. The second-order valence-corrected chi connectivity index (χ2v) is 6.42. The van der Waals surface area contributed by atoms with Gasteiger partial charge in [0.1, 0.15) is 0 Å². The first-order valence-corrected chi connectivity index (χ1v) is 8.61. The zero-order valence-corrected chi connectivity index (χ0v) is 14.5. The Labute approximate surface area is 135 Å². The van der Waals surface area contributed by atoms with E-state index in [2.05, 4.69) is 28.9 Å². The zero-order valence-electron chi connectivity index (χ0n) is 13.7. The summed E-state index contributed by atoms with van der Waals surface area (Å²) in [4.78, 5) is 16.4. The van der Waals surface area contributed by atoms with Crippen molar-refractivity contribution in [3.63, 3.8) is 0 Å². The molecule has 1 aromatic heterocycles. The molecule has 120 valence electrons. The number of hydrogen-bond acceptors (Lipinski definition) is 4. The first kappa shape index (κ1) is 16.7. The van der Waals surface area contributed by atoms with Gasteiger partial charge in [-0.3, -0.25) is 0 Å². The maximum atomic E-state index is 11.7. The average molecular weight is 321 g/mol. The molecule has 1 atom stereocenters. The molecule has 0 saturated carbocycles. The highest BCUT2D eigenvalue weighted by Crippen LogP contribution is 2.25. The summed E-state index contributed by atoms with van der Waals surface area (Å²) < 4.78 is 7.27. The van der Waals surface area contributed by atoms with E-state index >= 15 is 0 Å². The molecule has 1 amide bonds. The van der Waals surface area contributed by atoms with Crippen LogP contribution in [0.1, 0.15) is 26.3 Å². The third-order valence-corrected chi connectivity index (χ3v) is 3.97. The lowest BCUT2D eigenvalue weighted by atomic mass is 10.2. The lowest BCUT2D eigenvalue weighted by Gasteiger charge is -2.17. The van der Waals surface area contributed by atoms with Crippen LogP contribution in [0.5, 0.6) is 0 Å². The Morgan fingerprint density at radius 3 is 2.77 bits per heavy atom. The van der Waals surface area contributed by atoms with E-state index < -0.39 is 0 Å². The van der Waals surface area contributed by atoms with Gasteiger partial charge >= 0.3 is 6.09 Å². The number of carbonyl (C=O) groups excluding carboxylic acids is 1. The number of ether oxygens (including phenoxy) is 1. The van der Waals surface area contributed by atoms with Gasteiger partial charge in [0.25, 0.3) is 0 Å². The van der Waals surface area contributed by atoms with Gasteiger partial charge in [-0.05, 0) is 45.6 Å². The predicted molar refractivity (Wildman–Crippen MR) is 90.5 cm³/mol. The van der Waals surface area contributed by atoms with E-state index in [1.165, 1.54) is 0 Å². The molecule has 2 aromatic rings. The number of imidazole rings is 1. The Hall–Kier alpha value is -1.69. The summed E-state index contributed by atoms with van der Waals surface area (Å²) in [5.74, 6) is 0. The van der Waals surface area contributed by atoms with Crippen molar-refractivity contribution in [3.05, 3.63) is 23.8 Å². The van der Waals surface area contributed by atoms with Crippen LogP contribution >= 0.6 is 11.8 Å². The highest BCUT2D eigenvalue weighted by Gasteiger charge is 2.16. The Morgan fingerprint density at radius 1 is 1.41 bits per heavy atom. The number of aryl methyl sites for hydroxylation is 1. The predicted octanol–water partition coefficient (Wildman–Crippen LogP) is 3.59. The van der Waals surface area contributed by atoms with Gasteiger partial charge in [0.05, 0.1) is 17.1 Å². The minimum Gasteiger partial charge on any atom is -0.447 e. The van der Waals surface area contributed by atoms with E-state index in [1.54, 1.807) is 11.8 Å². The van der Waals surface area contributed by atoms with Crippen molar-refractivity contribution in [2.24, 2.45) is 0 Å². The van der Waals surface area contributed by atoms with Gasteiger partial charge < -0.3 is 14.6 Å². The molecule has 5 nitrogen and oxygen atoms in total. The highest BCUT2D eigenvalue weighted by atomic mass is 32.2. The van der Waals surface area contributed by atoms with E-state index in [-0.39, 0.29) is 18.2 Å². The molecule has 0 fully saturated rings. The fourth-order valence-electron chi connectivity index (χ4n) is 2.37. The number of hydrogen-bond donors (Lipinski definition) is 1. The Kier molecular flexibility index (Phi) is 5.34. The second-order valence-electron chi connectivity index (χ2n) is 5.65. The summed E-state index contributed by atoms with van der Waals surface area (Å²) in [6, 6.07) is 6.11. The molecular weight excluding hydrogens is 298 g/mol. The SMILES string of the molecule is CSc1nc2c(C)cccc2n1CC(C)NC(=O)OC(C)C. The molecule has 6 heteroatoms. The molecule has 22 heavy (non-hydrogen) atoms. The fraction of sp³-hybridized carbons (Fsp3) is 0.500. The number of thioether (sulfide) groups is 1. The molecule has 0 bridgehead atoms. The van der Waals surface area contributed by atoms with Crippen molar-refractivity contribution in [1.29, 1.82) is 0 Å². The van der Waals surface area contributed by atoms with Crippen LogP contribution in [0, 0.1) is 6.92 Å². The molecule has 1 heterocycles. The number of benzene rings is 1. The maximum Gasteiger partial charge on any atom is 0.407 e. The summed E-state index contributed by atoms with van der Waals surface area (Å²) in [6.07, 6.45) is 1.51. The first-order valence-electron chi connectivity index (χ1n) is 7.39. The minimum atomic E-state index is -0.381. The van der Waals surface area contributed by atoms with Crippen LogP contribution in [0.25, 0.3) is 11.0 Å². The van der Waals surface area contributed by atoms with E-state index in [4.69, 9.17) is 9.72 Å². The summed E-state index contributed by atoms with van der Waals surface area (Å²) in [5, 5.41) is 3.81. The minimum absolute atomic E-state index is 0.0462. The molecule has 0 aliphatic rings. The van der Waals surface area contributed by atoms with Crippen LogP contribution in [0.3, 0.4) is 0 Å². The molecular formula is C16H23N3O2S. The van der Waals surface area contributed by atoms with Crippen molar-refractivity contribution < 1.29 is 9.53 Å². The van der Waals surface area contributed by atoms with Crippen molar-refractivity contribution in [2.75, 3.05) is 6.26 Å². The number of carbonyl (C=O) groups is 1. The number of rotatable bonds is 5. The lowest BCUT2D eigenvalue weighted by Crippen LogP contribution is -2.37. The number of amides is 1. The number of aromatic nitrogens is 2. The van der Waals surface area contributed by atoms with Gasteiger partial charge in [-0.25, -0.2) is 9.78 Å². The van der Waals surface area contributed by atoms with Crippen LogP contribution in [0.15, 0.2) is 23.4 Å². The standard InChI is InChI=1S/C16H23N3O2S/c1-10(2)21-16(20)17-12(4)9-19-13-8-6-7-11(3)14(13)18-15(19)22-5/h6-8,10,12H,9H2,1-5H3,(H,17,20). The van der Waals surface area contributed by atoms with Crippen molar-refractivity contribution in [3.8, 4) is 0 Å². The maximum absolute atomic E-state index is 11.7. The molecule has 1 unspecified atom stereocenters. The van der Waals surface area contributed by atoms with E-state index in [0.717, 1.165) is 21.8 Å². The molecule has 0 aliphatic heterocycles. The van der Waals surface area contributed by atoms with Gasteiger partial charge in [0, 0.05) is 12.6 Å².